The Morgan fingerprint density at radius 1 is 1.00 bits per heavy atom. The van der Waals surface area contributed by atoms with E-state index in [0.717, 1.165) is 31.8 Å². The predicted molar refractivity (Wildman–Crippen MR) is 74.1 cm³/mol. The molecule has 0 N–H and O–H groups in total. The van der Waals surface area contributed by atoms with Gasteiger partial charge in [-0.15, -0.1) is 0 Å². The van der Waals surface area contributed by atoms with Crippen molar-refractivity contribution < 1.29 is 9.05 Å². The second kappa shape index (κ2) is 10.1. The molecule has 0 atom stereocenters. The second-order valence-electron chi connectivity index (χ2n) is 3.30. The molecule has 92 valence electrons. The molecule has 0 saturated carbocycles. The van der Waals surface area contributed by atoms with E-state index in [9.17, 15) is 0 Å². The molecule has 5 heteroatoms. The normalized spacial score (nSPS) is 11.9. The van der Waals surface area contributed by atoms with Crippen molar-refractivity contribution in [2.24, 2.45) is 0 Å². The summed E-state index contributed by atoms with van der Waals surface area (Å²) in [6, 6.07) is 0. The van der Waals surface area contributed by atoms with Crippen LogP contribution < -0.4 is 0 Å². The highest BCUT2D eigenvalue weighted by molar-refractivity contribution is 8.67. The van der Waals surface area contributed by atoms with Crippen molar-refractivity contribution in [1.82, 2.24) is 0 Å². The van der Waals surface area contributed by atoms with E-state index < -0.39 is 5.69 Å². The van der Waals surface area contributed by atoms with E-state index in [1.165, 1.54) is 12.8 Å². The summed E-state index contributed by atoms with van der Waals surface area (Å²) in [6.07, 6.45) is 4.39. The number of rotatable bonds is 10. The monoisotopic (exact) mass is 270 g/mol. The third-order valence-electron chi connectivity index (χ3n) is 1.65. The van der Waals surface area contributed by atoms with E-state index in [1.807, 2.05) is 0 Å². The summed E-state index contributed by atoms with van der Waals surface area (Å²) < 4.78 is 11.4. The number of hydrogen-bond acceptors (Lipinski definition) is 4. The third-order valence-corrected chi connectivity index (χ3v) is 7.15. The maximum Gasteiger partial charge on any atom is 0.247 e. The predicted octanol–water partition coefficient (Wildman–Crippen LogP) is 4.60. The molecule has 0 aromatic rings. The van der Waals surface area contributed by atoms with Gasteiger partial charge in [0.2, 0.25) is 5.69 Å². The minimum Gasteiger partial charge on any atom is -0.322 e. The zero-order valence-electron chi connectivity index (χ0n) is 10.0. The topological polar surface area (TPSA) is 18.5 Å². The summed E-state index contributed by atoms with van der Waals surface area (Å²) in [5.41, 5.74) is -2.03. The molecule has 0 unspecified atom stereocenters. The van der Waals surface area contributed by atoms with Crippen LogP contribution in [0.3, 0.4) is 0 Å². The summed E-state index contributed by atoms with van der Waals surface area (Å²) in [6.45, 7) is 7.82. The van der Waals surface area contributed by atoms with Crippen molar-refractivity contribution in [2.45, 2.75) is 46.5 Å². The van der Waals surface area contributed by atoms with Gasteiger partial charge in [0.25, 0.3) is 0 Å². The minimum atomic E-state index is -2.03. The van der Waals surface area contributed by atoms with Crippen molar-refractivity contribution >= 4 is 28.9 Å². The molecule has 0 amide bonds. The van der Waals surface area contributed by atoms with Crippen molar-refractivity contribution in [1.29, 1.82) is 0 Å². The average Bonchev–Trinajstić information content (AvgIpc) is 2.24. The molecular formula is C10H23O2PS2. The Bertz CT molecular complexity index is 176. The van der Waals surface area contributed by atoms with Crippen LogP contribution in [0, 0.1) is 0 Å². The van der Waals surface area contributed by atoms with Gasteiger partial charge in [0.05, 0.1) is 13.2 Å². The van der Waals surface area contributed by atoms with Gasteiger partial charge in [0.1, 0.15) is 0 Å². The Morgan fingerprint density at radius 3 is 1.93 bits per heavy atom. The fourth-order valence-corrected chi connectivity index (χ4v) is 5.59. The lowest BCUT2D eigenvalue weighted by atomic mass is 10.4. The van der Waals surface area contributed by atoms with Gasteiger partial charge in [-0.3, -0.25) is 0 Å². The van der Waals surface area contributed by atoms with Crippen molar-refractivity contribution in [3.05, 3.63) is 0 Å². The summed E-state index contributed by atoms with van der Waals surface area (Å²) in [5.74, 6) is 1.06. The van der Waals surface area contributed by atoms with Crippen LogP contribution in [-0.2, 0) is 20.9 Å². The standard InChI is InChI=1S/C10H23O2PS2/c1-4-7-10-15-13(14,11-8-5-2)12-9-6-3/h4-10H2,1-3H3. The molecule has 0 aliphatic heterocycles. The molecule has 0 rings (SSSR count). The van der Waals surface area contributed by atoms with Gasteiger partial charge < -0.3 is 9.05 Å². The molecule has 0 aliphatic rings. The Hall–Kier alpha value is 0.920. The molecule has 0 aromatic carbocycles. The van der Waals surface area contributed by atoms with E-state index >= 15 is 0 Å². The van der Waals surface area contributed by atoms with Gasteiger partial charge in [0.15, 0.2) is 0 Å². The second-order valence-corrected chi connectivity index (χ2v) is 9.73. The van der Waals surface area contributed by atoms with Crippen molar-refractivity contribution in [3.63, 3.8) is 0 Å². The molecular weight excluding hydrogens is 247 g/mol. The first-order chi connectivity index (χ1) is 7.18. The van der Waals surface area contributed by atoms with Crippen molar-refractivity contribution in [3.8, 4) is 0 Å². The molecule has 2 nitrogen and oxygen atoms in total. The summed E-state index contributed by atoms with van der Waals surface area (Å²) in [5, 5.41) is 0. The molecule has 0 bridgehead atoms. The highest BCUT2D eigenvalue weighted by Gasteiger charge is 2.18. The quantitative estimate of drug-likeness (QED) is 0.426. The van der Waals surface area contributed by atoms with Crippen LogP contribution in [0.2, 0.25) is 0 Å². The average molecular weight is 270 g/mol. The molecule has 0 saturated heterocycles. The first-order valence-electron chi connectivity index (χ1n) is 5.72. The van der Waals surface area contributed by atoms with Crippen LogP contribution in [-0.4, -0.2) is 19.0 Å². The van der Waals surface area contributed by atoms with E-state index in [4.69, 9.17) is 20.9 Å². The van der Waals surface area contributed by atoms with Crippen LogP contribution in [0.25, 0.3) is 0 Å². The summed E-state index contributed by atoms with van der Waals surface area (Å²) >= 11 is 7.19. The SMILES string of the molecule is CCCCSP(=S)(OCCC)OCCC. The lowest BCUT2D eigenvalue weighted by molar-refractivity contribution is 0.260. The Labute approximate surface area is 103 Å². The highest BCUT2D eigenvalue weighted by atomic mass is 32.9. The Kier molecular flexibility index (Phi) is 10.7. The molecule has 0 fully saturated rings. The summed E-state index contributed by atoms with van der Waals surface area (Å²) in [7, 11) is 0. The van der Waals surface area contributed by atoms with Gasteiger partial charge >= 0.3 is 0 Å². The fourth-order valence-electron chi connectivity index (χ4n) is 0.839. The molecule has 0 aromatic heterocycles. The fraction of sp³-hybridized carbons (Fsp3) is 1.00. The Balaban J connectivity index is 3.96. The van der Waals surface area contributed by atoms with Gasteiger partial charge in [-0.2, -0.15) is 0 Å². The van der Waals surface area contributed by atoms with Gasteiger partial charge in [-0.05, 0) is 31.1 Å². The van der Waals surface area contributed by atoms with E-state index in [-0.39, 0.29) is 0 Å². The van der Waals surface area contributed by atoms with Gasteiger partial charge in [0, 0.05) is 5.75 Å². The largest absolute Gasteiger partial charge is 0.322 e. The summed E-state index contributed by atoms with van der Waals surface area (Å²) in [4.78, 5) is 0. The first-order valence-corrected chi connectivity index (χ1v) is 9.95. The zero-order chi connectivity index (χ0) is 11.6. The molecule has 0 aliphatic carbocycles. The van der Waals surface area contributed by atoms with Crippen LogP contribution in [0.4, 0.5) is 0 Å². The van der Waals surface area contributed by atoms with Crippen molar-refractivity contribution in [2.75, 3.05) is 19.0 Å². The van der Waals surface area contributed by atoms with Crippen LogP contribution in [0.15, 0.2) is 0 Å². The van der Waals surface area contributed by atoms with E-state index in [2.05, 4.69) is 20.8 Å². The maximum absolute atomic E-state index is 5.69. The van der Waals surface area contributed by atoms with Crippen LogP contribution in [0.1, 0.15) is 46.5 Å². The molecule has 0 spiro atoms. The zero-order valence-corrected chi connectivity index (χ0v) is 12.6. The van der Waals surface area contributed by atoms with Crippen LogP contribution >= 0.6 is 17.1 Å². The minimum absolute atomic E-state index is 0.722. The highest BCUT2D eigenvalue weighted by Crippen LogP contribution is 2.61. The lowest BCUT2D eigenvalue weighted by Crippen LogP contribution is -1.96. The Morgan fingerprint density at radius 2 is 1.53 bits per heavy atom. The van der Waals surface area contributed by atoms with E-state index in [0.29, 0.717) is 0 Å². The maximum atomic E-state index is 5.69. The molecule has 0 heterocycles. The lowest BCUT2D eigenvalue weighted by Gasteiger charge is -2.20. The number of hydrogen-bond donors (Lipinski definition) is 0. The van der Waals surface area contributed by atoms with E-state index in [1.54, 1.807) is 11.4 Å². The molecule has 15 heavy (non-hydrogen) atoms. The molecule has 0 radical (unpaired) electrons. The van der Waals surface area contributed by atoms with Crippen LogP contribution in [0.5, 0.6) is 0 Å². The number of unbranched alkanes of at least 4 members (excludes halogenated alkanes) is 1. The van der Waals surface area contributed by atoms with Gasteiger partial charge in [-0.1, -0.05) is 38.6 Å². The first kappa shape index (κ1) is 15.9. The smallest absolute Gasteiger partial charge is 0.247 e. The van der Waals surface area contributed by atoms with Gasteiger partial charge in [-0.25, -0.2) is 0 Å². The third kappa shape index (κ3) is 8.70.